The van der Waals surface area contributed by atoms with Crippen molar-refractivity contribution in [1.82, 2.24) is 9.96 Å². The van der Waals surface area contributed by atoms with Crippen molar-refractivity contribution in [2.45, 2.75) is 77.3 Å². The highest BCUT2D eigenvalue weighted by atomic mass is 16.7. The van der Waals surface area contributed by atoms with E-state index in [2.05, 4.69) is 18.7 Å². The average molecular weight is 338 g/mol. The molecule has 0 aromatic rings. The maximum Gasteiger partial charge on any atom is 0.333 e. The summed E-state index contributed by atoms with van der Waals surface area (Å²) in [5, 5.41) is 0.543. The minimum absolute atomic E-state index is 0.0217. The number of Topliss-reactive ketones (excluding diaryl/α,β-unsaturated/α-hetero) is 1. The van der Waals surface area contributed by atoms with Crippen molar-refractivity contribution in [2.75, 3.05) is 6.54 Å². The Morgan fingerprint density at radius 1 is 1.04 bits per heavy atom. The van der Waals surface area contributed by atoms with Gasteiger partial charge in [-0.2, -0.15) is 0 Å². The van der Waals surface area contributed by atoms with E-state index in [0.29, 0.717) is 36.5 Å². The first kappa shape index (κ1) is 18.6. The highest BCUT2D eigenvalue weighted by Gasteiger charge is 2.32. The molecule has 0 radical (unpaired) electrons. The van der Waals surface area contributed by atoms with Gasteiger partial charge >= 0.3 is 5.97 Å². The van der Waals surface area contributed by atoms with E-state index in [9.17, 15) is 19.2 Å². The normalized spacial score (nSPS) is 25.2. The number of rotatable bonds is 7. The molecule has 2 heterocycles. The second-order valence-corrected chi connectivity index (χ2v) is 6.74. The number of carbonyl (C=O) groups excluding carboxylic acids is 4. The summed E-state index contributed by atoms with van der Waals surface area (Å²) >= 11 is 0. The summed E-state index contributed by atoms with van der Waals surface area (Å²) in [5.41, 5.74) is 0. The van der Waals surface area contributed by atoms with Gasteiger partial charge in [0.05, 0.1) is 6.54 Å². The van der Waals surface area contributed by atoms with Crippen LogP contribution < -0.4 is 0 Å². The zero-order valence-electron chi connectivity index (χ0n) is 14.5. The van der Waals surface area contributed by atoms with Gasteiger partial charge in [0.15, 0.2) is 0 Å². The molecule has 7 heteroatoms. The Morgan fingerprint density at radius 2 is 1.62 bits per heavy atom. The van der Waals surface area contributed by atoms with Crippen LogP contribution in [0.15, 0.2) is 0 Å². The van der Waals surface area contributed by atoms with Crippen LogP contribution >= 0.6 is 0 Å². The predicted octanol–water partition coefficient (Wildman–Crippen LogP) is 1.60. The number of hydroxylamine groups is 2. The van der Waals surface area contributed by atoms with E-state index >= 15 is 0 Å². The predicted molar refractivity (Wildman–Crippen MR) is 85.5 cm³/mol. The summed E-state index contributed by atoms with van der Waals surface area (Å²) in [6, 6.07) is 0.824. The molecule has 2 fully saturated rings. The number of nitrogens with zero attached hydrogens (tertiary/aromatic N) is 2. The van der Waals surface area contributed by atoms with Crippen molar-refractivity contribution >= 4 is 23.6 Å². The number of imide groups is 1. The number of hydrogen-bond donors (Lipinski definition) is 0. The lowest BCUT2D eigenvalue weighted by atomic mass is 9.97. The monoisotopic (exact) mass is 338 g/mol. The summed E-state index contributed by atoms with van der Waals surface area (Å²) < 4.78 is 0. The molecule has 2 saturated heterocycles. The molecular formula is C17H26N2O5. The van der Waals surface area contributed by atoms with Crippen LogP contribution in [0, 0.1) is 0 Å². The molecule has 2 rings (SSSR count). The lowest BCUT2D eigenvalue weighted by Gasteiger charge is -2.38. The lowest BCUT2D eigenvalue weighted by molar-refractivity contribution is -0.197. The van der Waals surface area contributed by atoms with Crippen molar-refractivity contribution < 1.29 is 24.0 Å². The first-order valence-corrected chi connectivity index (χ1v) is 8.72. The zero-order chi connectivity index (χ0) is 17.7. The van der Waals surface area contributed by atoms with Crippen LogP contribution in [0.25, 0.3) is 0 Å². The Morgan fingerprint density at radius 3 is 2.21 bits per heavy atom. The summed E-state index contributed by atoms with van der Waals surface area (Å²) in [7, 11) is 0. The van der Waals surface area contributed by atoms with Gasteiger partial charge in [-0.1, -0.05) is 6.42 Å². The van der Waals surface area contributed by atoms with Crippen LogP contribution in [0.4, 0.5) is 0 Å². The van der Waals surface area contributed by atoms with Crippen LogP contribution in [0.2, 0.25) is 0 Å². The van der Waals surface area contributed by atoms with E-state index in [1.54, 1.807) is 0 Å². The Balaban J connectivity index is 1.67. The SMILES string of the molecule is CC1CCCC(C)N1CC(=O)CCCC(=O)ON1C(=O)CCC1=O. The molecule has 134 valence electrons. The largest absolute Gasteiger partial charge is 0.333 e. The Hall–Kier alpha value is -1.76. The van der Waals surface area contributed by atoms with E-state index in [0.717, 1.165) is 12.8 Å². The van der Waals surface area contributed by atoms with E-state index in [-0.39, 0.29) is 25.0 Å². The van der Waals surface area contributed by atoms with Gasteiger partial charge in [-0.05, 0) is 33.1 Å². The standard InChI is InChI=1S/C17H26N2O5/c1-12-5-3-6-13(2)18(12)11-14(20)7-4-8-17(23)24-19-15(21)9-10-16(19)22/h12-13H,3-11H2,1-2H3. The minimum Gasteiger partial charge on any atom is -0.330 e. The highest BCUT2D eigenvalue weighted by molar-refractivity contribution is 6.01. The number of piperidine rings is 1. The van der Waals surface area contributed by atoms with Crippen molar-refractivity contribution in [2.24, 2.45) is 0 Å². The number of carbonyl (C=O) groups is 4. The quantitative estimate of drug-likeness (QED) is 0.656. The van der Waals surface area contributed by atoms with Crippen LogP contribution in [-0.2, 0) is 24.0 Å². The molecule has 0 aliphatic carbocycles. The summed E-state index contributed by atoms with van der Waals surface area (Å²) in [6.45, 7) is 4.70. The average Bonchev–Trinajstić information content (AvgIpc) is 2.83. The van der Waals surface area contributed by atoms with E-state index in [4.69, 9.17) is 4.84 Å². The van der Waals surface area contributed by atoms with Crippen molar-refractivity contribution in [3.05, 3.63) is 0 Å². The molecule has 24 heavy (non-hydrogen) atoms. The molecule has 0 saturated carbocycles. The number of hydrogen-bond acceptors (Lipinski definition) is 6. The van der Waals surface area contributed by atoms with E-state index in [1.165, 1.54) is 6.42 Å². The van der Waals surface area contributed by atoms with Gasteiger partial charge in [-0.25, -0.2) is 4.79 Å². The maximum atomic E-state index is 12.1. The van der Waals surface area contributed by atoms with Gasteiger partial charge in [-0.3, -0.25) is 19.3 Å². The smallest absolute Gasteiger partial charge is 0.330 e. The molecule has 2 aliphatic rings. The third kappa shape index (κ3) is 4.87. The van der Waals surface area contributed by atoms with Crippen LogP contribution in [-0.4, -0.2) is 52.2 Å². The molecule has 2 amide bonds. The summed E-state index contributed by atoms with van der Waals surface area (Å²) in [5.74, 6) is -1.52. The first-order chi connectivity index (χ1) is 11.4. The minimum atomic E-state index is -0.647. The number of ketones is 1. The first-order valence-electron chi connectivity index (χ1n) is 8.72. The summed E-state index contributed by atoms with van der Waals surface area (Å²) in [6.07, 6.45) is 4.27. The molecule has 2 unspecified atom stereocenters. The number of likely N-dealkylation sites (tertiary alicyclic amines) is 1. The highest BCUT2D eigenvalue weighted by Crippen LogP contribution is 2.22. The Kier molecular flexibility index (Phi) is 6.48. The fourth-order valence-electron chi connectivity index (χ4n) is 3.30. The lowest BCUT2D eigenvalue weighted by Crippen LogP contribution is -2.46. The third-order valence-corrected chi connectivity index (χ3v) is 4.77. The van der Waals surface area contributed by atoms with Crippen molar-refractivity contribution in [1.29, 1.82) is 0 Å². The van der Waals surface area contributed by atoms with E-state index < -0.39 is 17.8 Å². The van der Waals surface area contributed by atoms with Gasteiger partial charge in [0.1, 0.15) is 5.78 Å². The summed E-state index contributed by atoms with van der Waals surface area (Å²) in [4.78, 5) is 53.5. The fourth-order valence-corrected chi connectivity index (χ4v) is 3.30. The van der Waals surface area contributed by atoms with Crippen LogP contribution in [0.1, 0.15) is 65.2 Å². The second kappa shape index (κ2) is 8.37. The molecule has 0 bridgehead atoms. The molecule has 0 N–H and O–H groups in total. The van der Waals surface area contributed by atoms with Gasteiger partial charge in [0, 0.05) is 37.8 Å². The molecule has 0 spiro atoms. The van der Waals surface area contributed by atoms with Crippen LogP contribution in [0.5, 0.6) is 0 Å². The molecule has 2 aliphatic heterocycles. The Bertz CT molecular complexity index is 493. The molecule has 7 nitrogen and oxygen atoms in total. The number of amides is 2. The zero-order valence-corrected chi connectivity index (χ0v) is 14.5. The van der Waals surface area contributed by atoms with E-state index in [1.807, 2.05) is 0 Å². The van der Waals surface area contributed by atoms with Gasteiger partial charge in [-0.15, -0.1) is 5.06 Å². The van der Waals surface area contributed by atoms with Crippen LogP contribution in [0.3, 0.4) is 0 Å². The van der Waals surface area contributed by atoms with Gasteiger partial charge < -0.3 is 4.84 Å². The van der Waals surface area contributed by atoms with Gasteiger partial charge in [0.2, 0.25) is 0 Å². The third-order valence-electron chi connectivity index (χ3n) is 4.77. The molecule has 0 aromatic carbocycles. The topological polar surface area (TPSA) is 84.0 Å². The second-order valence-electron chi connectivity index (χ2n) is 6.74. The van der Waals surface area contributed by atoms with Crippen molar-refractivity contribution in [3.63, 3.8) is 0 Å². The van der Waals surface area contributed by atoms with Crippen molar-refractivity contribution in [3.8, 4) is 0 Å². The molecule has 2 atom stereocenters. The maximum absolute atomic E-state index is 12.1. The fraction of sp³-hybridized carbons (Fsp3) is 0.765. The Labute approximate surface area is 142 Å². The van der Waals surface area contributed by atoms with Gasteiger partial charge in [0.25, 0.3) is 11.8 Å². The molecular weight excluding hydrogens is 312 g/mol. The molecule has 0 aromatic heterocycles.